The molecule has 0 aliphatic heterocycles. The maximum atomic E-state index is 12.1. The van der Waals surface area contributed by atoms with Crippen molar-refractivity contribution >= 4 is 5.97 Å². The second-order valence-electron chi connectivity index (χ2n) is 5.33. The Labute approximate surface area is 90.7 Å². The fraction of sp³-hybridized carbons (Fsp3) is 0.769. The zero-order valence-electron chi connectivity index (χ0n) is 9.08. The molecule has 0 amide bonds. The minimum atomic E-state index is -0.215. The SMILES string of the molecule is O=C(OC1CCCC1)C12C=CC(CC1)C2. The van der Waals surface area contributed by atoms with Crippen LogP contribution in [0.2, 0.25) is 0 Å². The molecule has 0 saturated heterocycles. The largest absolute Gasteiger partial charge is 0.462 e. The van der Waals surface area contributed by atoms with Crippen LogP contribution in [-0.2, 0) is 9.53 Å². The van der Waals surface area contributed by atoms with E-state index in [4.69, 9.17) is 4.74 Å². The molecule has 0 radical (unpaired) electrons. The van der Waals surface area contributed by atoms with Crippen molar-refractivity contribution in [3.63, 3.8) is 0 Å². The Morgan fingerprint density at radius 2 is 2.07 bits per heavy atom. The predicted molar refractivity (Wildman–Crippen MR) is 57.3 cm³/mol. The van der Waals surface area contributed by atoms with Gasteiger partial charge >= 0.3 is 5.97 Å². The molecule has 2 bridgehead atoms. The highest BCUT2D eigenvalue weighted by molar-refractivity contribution is 5.80. The van der Waals surface area contributed by atoms with Gasteiger partial charge in [-0.05, 0) is 50.9 Å². The average molecular weight is 206 g/mol. The molecule has 3 aliphatic carbocycles. The molecule has 3 aliphatic rings. The van der Waals surface area contributed by atoms with Gasteiger partial charge in [0, 0.05) is 0 Å². The lowest BCUT2D eigenvalue weighted by Crippen LogP contribution is -2.30. The van der Waals surface area contributed by atoms with Crippen molar-refractivity contribution in [2.24, 2.45) is 11.3 Å². The summed E-state index contributed by atoms with van der Waals surface area (Å²) in [4.78, 5) is 12.1. The van der Waals surface area contributed by atoms with Gasteiger partial charge in [0.2, 0.25) is 0 Å². The van der Waals surface area contributed by atoms with E-state index in [-0.39, 0.29) is 17.5 Å². The van der Waals surface area contributed by atoms with Crippen molar-refractivity contribution in [3.05, 3.63) is 12.2 Å². The highest BCUT2D eigenvalue weighted by atomic mass is 16.5. The van der Waals surface area contributed by atoms with Crippen LogP contribution in [0.15, 0.2) is 12.2 Å². The van der Waals surface area contributed by atoms with E-state index in [1.54, 1.807) is 0 Å². The lowest BCUT2D eigenvalue weighted by molar-refractivity contribution is -0.157. The summed E-state index contributed by atoms with van der Waals surface area (Å²) < 4.78 is 5.63. The highest BCUT2D eigenvalue weighted by Gasteiger charge is 2.48. The number of fused-ring (bicyclic) bond motifs is 2. The third-order valence-electron chi connectivity index (χ3n) is 4.26. The number of allylic oxidation sites excluding steroid dienone is 1. The van der Waals surface area contributed by atoms with Gasteiger partial charge in [-0.1, -0.05) is 12.2 Å². The highest BCUT2D eigenvalue weighted by Crippen LogP contribution is 2.50. The smallest absolute Gasteiger partial charge is 0.316 e. The number of rotatable bonds is 2. The number of ether oxygens (including phenoxy) is 1. The molecule has 2 fully saturated rings. The van der Waals surface area contributed by atoms with Gasteiger partial charge in [0.05, 0.1) is 5.41 Å². The van der Waals surface area contributed by atoms with Crippen LogP contribution in [-0.4, -0.2) is 12.1 Å². The van der Waals surface area contributed by atoms with Gasteiger partial charge in [0.25, 0.3) is 0 Å². The van der Waals surface area contributed by atoms with Crippen molar-refractivity contribution in [1.29, 1.82) is 0 Å². The first-order valence-corrected chi connectivity index (χ1v) is 6.19. The Bertz CT molecular complexity index is 302. The Morgan fingerprint density at radius 1 is 1.27 bits per heavy atom. The molecule has 0 heterocycles. The standard InChI is InChI=1S/C13H18O2/c14-12(15-11-3-1-2-4-11)13-7-5-10(9-13)6-8-13/h5,7,10-11H,1-4,6,8-9H2. The monoisotopic (exact) mass is 206 g/mol. The number of carbonyl (C=O) groups is 1. The zero-order chi connectivity index (χ0) is 10.3. The summed E-state index contributed by atoms with van der Waals surface area (Å²) in [5.74, 6) is 0.715. The summed E-state index contributed by atoms with van der Waals surface area (Å²) in [7, 11) is 0. The van der Waals surface area contributed by atoms with Crippen LogP contribution in [0.1, 0.15) is 44.9 Å². The summed E-state index contributed by atoms with van der Waals surface area (Å²) in [6, 6.07) is 0. The zero-order valence-corrected chi connectivity index (χ0v) is 9.08. The van der Waals surface area contributed by atoms with Gasteiger partial charge in [-0.2, -0.15) is 0 Å². The Kier molecular flexibility index (Phi) is 2.11. The van der Waals surface area contributed by atoms with Crippen molar-refractivity contribution in [3.8, 4) is 0 Å². The molecule has 0 N–H and O–H groups in total. The van der Waals surface area contributed by atoms with Crippen molar-refractivity contribution in [2.75, 3.05) is 0 Å². The van der Waals surface area contributed by atoms with Crippen molar-refractivity contribution < 1.29 is 9.53 Å². The van der Waals surface area contributed by atoms with E-state index in [0.29, 0.717) is 5.92 Å². The fourth-order valence-corrected chi connectivity index (χ4v) is 3.28. The van der Waals surface area contributed by atoms with Crippen molar-refractivity contribution in [1.82, 2.24) is 0 Å². The third kappa shape index (κ3) is 1.51. The summed E-state index contributed by atoms with van der Waals surface area (Å²) in [6.07, 6.45) is 12.4. The molecule has 0 aromatic heterocycles. The lowest BCUT2D eigenvalue weighted by Gasteiger charge is -2.23. The minimum Gasteiger partial charge on any atom is -0.462 e. The maximum absolute atomic E-state index is 12.1. The molecule has 0 spiro atoms. The molecular formula is C13H18O2. The minimum absolute atomic E-state index is 0.0608. The summed E-state index contributed by atoms with van der Waals surface area (Å²) >= 11 is 0. The van der Waals surface area contributed by atoms with Crippen LogP contribution in [0.3, 0.4) is 0 Å². The average Bonchev–Trinajstić information content (AvgIpc) is 2.93. The first-order chi connectivity index (χ1) is 7.28. The van der Waals surface area contributed by atoms with E-state index in [9.17, 15) is 4.79 Å². The topological polar surface area (TPSA) is 26.3 Å². The molecule has 15 heavy (non-hydrogen) atoms. The van der Waals surface area contributed by atoms with E-state index in [1.165, 1.54) is 19.3 Å². The van der Waals surface area contributed by atoms with Crippen LogP contribution in [0.4, 0.5) is 0 Å². The van der Waals surface area contributed by atoms with Gasteiger partial charge in [-0.25, -0.2) is 0 Å². The summed E-state index contributed by atoms with van der Waals surface area (Å²) in [5.41, 5.74) is -0.215. The molecule has 2 nitrogen and oxygen atoms in total. The van der Waals surface area contributed by atoms with Gasteiger partial charge < -0.3 is 4.74 Å². The summed E-state index contributed by atoms with van der Waals surface area (Å²) in [5, 5.41) is 0. The van der Waals surface area contributed by atoms with Gasteiger partial charge in [-0.3, -0.25) is 4.79 Å². The number of hydrogen-bond acceptors (Lipinski definition) is 2. The van der Waals surface area contributed by atoms with E-state index in [2.05, 4.69) is 12.2 Å². The van der Waals surface area contributed by atoms with E-state index < -0.39 is 0 Å². The van der Waals surface area contributed by atoms with E-state index in [0.717, 1.165) is 25.7 Å². The van der Waals surface area contributed by atoms with Crippen LogP contribution >= 0.6 is 0 Å². The first-order valence-electron chi connectivity index (χ1n) is 6.19. The fourth-order valence-electron chi connectivity index (χ4n) is 3.28. The Hall–Kier alpha value is -0.790. The lowest BCUT2D eigenvalue weighted by atomic mass is 9.88. The second kappa shape index (κ2) is 3.36. The van der Waals surface area contributed by atoms with Gasteiger partial charge in [-0.15, -0.1) is 0 Å². The molecule has 0 aromatic carbocycles. The molecule has 82 valence electrons. The maximum Gasteiger partial charge on any atom is 0.316 e. The van der Waals surface area contributed by atoms with Crippen LogP contribution in [0.5, 0.6) is 0 Å². The Balaban J connectivity index is 1.66. The van der Waals surface area contributed by atoms with E-state index >= 15 is 0 Å². The first kappa shape index (κ1) is 9.44. The third-order valence-corrected chi connectivity index (χ3v) is 4.26. The summed E-state index contributed by atoms with van der Waals surface area (Å²) in [6.45, 7) is 0. The molecule has 2 atom stereocenters. The molecule has 3 rings (SSSR count). The van der Waals surface area contributed by atoms with Gasteiger partial charge in [0.1, 0.15) is 6.10 Å². The molecule has 2 unspecified atom stereocenters. The van der Waals surface area contributed by atoms with Crippen LogP contribution in [0.25, 0.3) is 0 Å². The number of esters is 1. The molecule has 0 aromatic rings. The quantitative estimate of drug-likeness (QED) is 0.513. The van der Waals surface area contributed by atoms with Gasteiger partial charge in [0.15, 0.2) is 0 Å². The second-order valence-corrected chi connectivity index (χ2v) is 5.33. The van der Waals surface area contributed by atoms with Crippen LogP contribution < -0.4 is 0 Å². The Morgan fingerprint density at radius 3 is 2.60 bits per heavy atom. The predicted octanol–water partition coefficient (Wildman–Crippen LogP) is 2.83. The van der Waals surface area contributed by atoms with Crippen LogP contribution in [0, 0.1) is 11.3 Å². The normalized spacial score (nSPS) is 38.8. The molecule has 2 saturated carbocycles. The number of carbonyl (C=O) groups excluding carboxylic acids is 1. The van der Waals surface area contributed by atoms with Crippen molar-refractivity contribution in [2.45, 2.75) is 51.0 Å². The molecule has 2 heteroatoms. The number of hydrogen-bond donors (Lipinski definition) is 0. The van der Waals surface area contributed by atoms with E-state index in [1.807, 2.05) is 0 Å². The molecular weight excluding hydrogens is 188 g/mol.